The largest absolute Gasteiger partial charge is 0.479 e. The summed E-state index contributed by atoms with van der Waals surface area (Å²) in [5.74, 6) is -1.23. The van der Waals surface area contributed by atoms with E-state index in [4.69, 9.17) is 10.2 Å². The third kappa shape index (κ3) is 2.18. The molecule has 1 aromatic carbocycles. The molecule has 0 unspecified atom stereocenters. The zero-order valence-electron chi connectivity index (χ0n) is 6.07. The summed E-state index contributed by atoms with van der Waals surface area (Å²) >= 11 is 2.11. The third-order valence-corrected chi connectivity index (χ3v) is 2.14. The Morgan fingerprint density at radius 3 is 2.25 bits per heavy atom. The molecular formula is C8H7IO3. The van der Waals surface area contributed by atoms with Gasteiger partial charge in [0.1, 0.15) is 0 Å². The normalized spacial score (nSPS) is 12.5. The Morgan fingerprint density at radius 1 is 1.33 bits per heavy atom. The van der Waals surface area contributed by atoms with E-state index < -0.39 is 12.1 Å². The Kier molecular flexibility index (Phi) is 3.05. The van der Waals surface area contributed by atoms with Crippen molar-refractivity contribution in [2.24, 2.45) is 0 Å². The summed E-state index contributed by atoms with van der Waals surface area (Å²) in [5, 5.41) is 17.5. The highest BCUT2D eigenvalue weighted by Crippen LogP contribution is 2.14. The summed E-state index contributed by atoms with van der Waals surface area (Å²) < 4.78 is 1.01. The molecule has 0 bridgehead atoms. The van der Waals surface area contributed by atoms with Gasteiger partial charge in [0.25, 0.3) is 0 Å². The lowest BCUT2D eigenvalue weighted by Gasteiger charge is -2.04. The van der Waals surface area contributed by atoms with Crippen LogP contribution in [0.3, 0.4) is 0 Å². The van der Waals surface area contributed by atoms with Crippen LogP contribution in [0.25, 0.3) is 0 Å². The molecule has 1 atom stereocenters. The first-order chi connectivity index (χ1) is 5.61. The second-order valence-electron chi connectivity index (χ2n) is 2.29. The molecule has 0 heterocycles. The Labute approximate surface area is 83.2 Å². The van der Waals surface area contributed by atoms with Crippen molar-refractivity contribution in [2.75, 3.05) is 0 Å². The SMILES string of the molecule is O=C(O)[C@H](O)c1ccc(I)cc1. The molecular weight excluding hydrogens is 271 g/mol. The van der Waals surface area contributed by atoms with E-state index in [2.05, 4.69) is 22.6 Å². The van der Waals surface area contributed by atoms with Crippen molar-refractivity contribution in [3.05, 3.63) is 33.4 Å². The maximum Gasteiger partial charge on any atom is 0.337 e. The molecule has 0 amide bonds. The van der Waals surface area contributed by atoms with Gasteiger partial charge in [-0.05, 0) is 40.3 Å². The molecule has 0 saturated carbocycles. The number of hydrogen-bond acceptors (Lipinski definition) is 2. The number of carboxylic acid groups (broad SMARTS) is 1. The van der Waals surface area contributed by atoms with Gasteiger partial charge < -0.3 is 10.2 Å². The lowest BCUT2D eigenvalue weighted by molar-refractivity contribution is -0.146. The van der Waals surface area contributed by atoms with E-state index in [9.17, 15) is 4.79 Å². The van der Waals surface area contributed by atoms with Gasteiger partial charge in [0, 0.05) is 3.57 Å². The molecule has 64 valence electrons. The molecule has 2 N–H and O–H groups in total. The van der Waals surface area contributed by atoms with Crippen molar-refractivity contribution in [2.45, 2.75) is 6.10 Å². The molecule has 0 radical (unpaired) electrons. The van der Waals surface area contributed by atoms with Crippen LogP contribution in [0, 0.1) is 3.57 Å². The van der Waals surface area contributed by atoms with Crippen LogP contribution in [-0.4, -0.2) is 16.2 Å². The molecule has 1 rings (SSSR count). The Bertz CT molecular complexity index is 281. The Morgan fingerprint density at radius 2 is 1.83 bits per heavy atom. The first-order valence-corrected chi connectivity index (χ1v) is 4.35. The summed E-state index contributed by atoms with van der Waals surface area (Å²) in [6.07, 6.45) is -1.41. The van der Waals surface area contributed by atoms with Gasteiger partial charge in [-0.15, -0.1) is 0 Å². The van der Waals surface area contributed by atoms with Gasteiger partial charge in [-0.3, -0.25) is 0 Å². The topological polar surface area (TPSA) is 57.5 Å². The zero-order valence-corrected chi connectivity index (χ0v) is 8.22. The van der Waals surface area contributed by atoms with Gasteiger partial charge in [-0.2, -0.15) is 0 Å². The molecule has 0 spiro atoms. The maximum atomic E-state index is 10.3. The Balaban J connectivity index is 2.89. The van der Waals surface area contributed by atoms with Crippen molar-refractivity contribution in [3.63, 3.8) is 0 Å². The second-order valence-corrected chi connectivity index (χ2v) is 3.54. The fourth-order valence-corrected chi connectivity index (χ4v) is 1.15. The maximum absolute atomic E-state index is 10.3. The van der Waals surface area contributed by atoms with Crippen molar-refractivity contribution in [1.82, 2.24) is 0 Å². The van der Waals surface area contributed by atoms with Crippen LogP contribution in [0.15, 0.2) is 24.3 Å². The lowest BCUT2D eigenvalue weighted by Crippen LogP contribution is -2.09. The molecule has 1 aromatic rings. The van der Waals surface area contributed by atoms with E-state index >= 15 is 0 Å². The summed E-state index contributed by atoms with van der Waals surface area (Å²) in [6, 6.07) is 6.70. The fourth-order valence-electron chi connectivity index (χ4n) is 0.788. The van der Waals surface area contributed by atoms with E-state index in [-0.39, 0.29) is 0 Å². The molecule has 0 aliphatic heterocycles. The number of rotatable bonds is 2. The average molecular weight is 278 g/mol. The summed E-state index contributed by atoms with van der Waals surface area (Å²) in [4.78, 5) is 10.3. The van der Waals surface area contributed by atoms with Crippen LogP contribution in [0.1, 0.15) is 11.7 Å². The minimum absolute atomic E-state index is 0.405. The number of aliphatic carboxylic acids is 1. The van der Waals surface area contributed by atoms with Crippen LogP contribution in [0.5, 0.6) is 0 Å². The molecule has 3 nitrogen and oxygen atoms in total. The minimum atomic E-state index is -1.41. The summed E-state index contributed by atoms with van der Waals surface area (Å²) in [6.45, 7) is 0. The molecule has 12 heavy (non-hydrogen) atoms. The summed E-state index contributed by atoms with van der Waals surface area (Å²) in [5.41, 5.74) is 0.405. The smallest absolute Gasteiger partial charge is 0.337 e. The number of hydrogen-bond donors (Lipinski definition) is 2. The monoisotopic (exact) mass is 278 g/mol. The average Bonchev–Trinajstić information content (AvgIpc) is 2.04. The predicted molar refractivity (Wildman–Crippen MR) is 51.8 cm³/mol. The molecule has 0 fully saturated rings. The van der Waals surface area contributed by atoms with Gasteiger partial charge in [-0.25, -0.2) is 4.79 Å². The number of aliphatic hydroxyl groups is 1. The van der Waals surface area contributed by atoms with E-state index in [1.165, 1.54) is 0 Å². The van der Waals surface area contributed by atoms with Crippen LogP contribution in [-0.2, 0) is 4.79 Å². The number of aliphatic hydroxyl groups excluding tert-OH is 1. The zero-order chi connectivity index (χ0) is 9.14. The van der Waals surface area contributed by atoms with Gasteiger partial charge in [-0.1, -0.05) is 12.1 Å². The number of benzene rings is 1. The highest BCUT2D eigenvalue weighted by Gasteiger charge is 2.14. The molecule has 4 heteroatoms. The first-order valence-electron chi connectivity index (χ1n) is 3.27. The van der Waals surface area contributed by atoms with E-state index in [0.717, 1.165) is 3.57 Å². The number of halogens is 1. The molecule has 0 aliphatic rings. The van der Waals surface area contributed by atoms with E-state index in [1.807, 2.05) is 0 Å². The predicted octanol–water partition coefficient (Wildman–Crippen LogP) is 1.41. The quantitative estimate of drug-likeness (QED) is 0.804. The van der Waals surface area contributed by atoms with Crippen molar-refractivity contribution < 1.29 is 15.0 Å². The van der Waals surface area contributed by atoms with Crippen LogP contribution in [0.4, 0.5) is 0 Å². The highest BCUT2D eigenvalue weighted by molar-refractivity contribution is 14.1. The molecule has 0 aromatic heterocycles. The fraction of sp³-hybridized carbons (Fsp3) is 0.125. The van der Waals surface area contributed by atoms with Crippen molar-refractivity contribution in [3.8, 4) is 0 Å². The van der Waals surface area contributed by atoms with Gasteiger partial charge in [0.15, 0.2) is 6.10 Å². The lowest BCUT2D eigenvalue weighted by atomic mass is 10.1. The highest BCUT2D eigenvalue weighted by atomic mass is 127. The second kappa shape index (κ2) is 3.86. The Hall–Kier alpha value is -0.620. The number of carboxylic acids is 1. The van der Waals surface area contributed by atoms with Crippen LogP contribution >= 0.6 is 22.6 Å². The van der Waals surface area contributed by atoms with Crippen molar-refractivity contribution >= 4 is 28.6 Å². The third-order valence-electron chi connectivity index (χ3n) is 1.42. The standard InChI is InChI=1S/C8H7IO3/c9-6-3-1-5(2-4-6)7(10)8(11)12/h1-4,7,10H,(H,11,12)/t7-/m1/s1. The number of carbonyl (C=O) groups is 1. The minimum Gasteiger partial charge on any atom is -0.479 e. The summed E-state index contributed by atoms with van der Waals surface area (Å²) in [7, 11) is 0. The van der Waals surface area contributed by atoms with Crippen LogP contribution in [0.2, 0.25) is 0 Å². The van der Waals surface area contributed by atoms with Crippen molar-refractivity contribution in [1.29, 1.82) is 0 Å². The first kappa shape index (κ1) is 9.47. The molecule has 0 saturated heterocycles. The van der Waals surface area contributed by atoms with Gasteiger partial charge in [0.2, 0.25) is 0 Å². The van der Waals surface area contributed by atoms with Gasteiger partial charge >= 0.3 is 5.97 Å². The van der Waals surface area contributed by atoms with E-state index in [1.54, 1.807) is 24.3 Å². The van der Waals surface area contributed by atoms with Gasteiger partial charge in [0.05, 0.1) is 0 Å². The van der Waals surface area contributed by atoms with Crippen LogP contribution < -0.4 is 0 Å². The van der Waals surface area contributed by atoms with E-state index in [0.29, 0.717) is 5.56 Å². The molecule has 0 aliphatic carbocycles.